The van der Waals surface area contributed by atoms with Crippen molar-refractivity contribution < 1.29 is 14.0 Å². The van der Waals surface area contributed by atoms with E-state index in [-0.39, 0.29) is 6.54 Å². The van der Waals surface area contributed by atoms with Crippen LogP contribution in [0.15, 0.2) is 52.0 Å². The minimum Gasteiger partial charge on any atom is -0.490 e. The first kappa shape index (κ1) is 20.0. The molecular formula is C21H22ClN5O3. The number of guanidine groups is 1. The molecule has 4 rings (SSSR count). The van der Waals surface area contributed by atoms with Gasteiger partial charge >= 0.3 is 0 Å². The van der Waals surface area contributed by atoms with Gasteiger partial charge in [0.25, 0.3) is 0 Å². The molecule has 1 aromatic heterocycles. The lowest BCUT2D eigenvalue weighted by atomic mass is 10.2. The van der Waals surface area contributed by atoms with Crippen LogP contribution in [0.25, 0.3) is 11.4 Å². The molecule has 0 fully saturated rings. The molecule has 8 nitrogen and oxygen atoms in total. The van der Waals surface area contributed by atoms with Gasteiger partial charge in [-0.05, 0) is 43.3 Å². The van der Waals surface area contributed by atoms with Gasteiger partial charge in [-0.3, -0.25) is 0 Å². The SMILES string of the molecule is CCNC(=NCc1nc(-c2ccc(Cl)cc2)no1)Nc1ccc2c(c1)OCCCO2. The fourth-order valence-corrected chi connectivity index (χ4v) is 2.99. The van der Waals surface area contributed by atoms with Crippen molar-refractivity contribution in [2.75, 3.05) is 25.1 Å². The van der Waals surface area contributed by atoms with Crippen molar-refractivity contribution in [2.24, 2.45) is 4.99 Å². The van der Waals surface area contributed by atoms with Gasteiger partial charge in [0.2, 0.25) is 11.7 Å². The summed E-state index contributed by atoms with van der Waals surface area (Å²) in [7, 11) is 0. The maximum Gasteiger partial charge on any atom is 0.248 e. The summed E-state index contributed by atoms with van der Waals surface area (Å²) < 4.78 is 16.7. The monoisotopic (exact) mass is 427 g/mol. The van der Waals surface area contributed by atoms with E-state index in [1.165, 1.54) is 0 Å². The molecule has 0 saturated heterocycles. The Kier molecular flexibility index (Phi) is 6.34. The van der Waals surface area contributed by atoms with Gasteiger partial charge in [0.05, 0.1) is 13.2 Å². The van der Waals surface area contributed by atoms with E-state index in [9.17, 15) is 0 Å². The van der Waals surface area contributed by atoms with E-state index in [2.05, 4.69) is 25.8 Å². The second-order valence-corrected chi connectivity index (χ2v) is 6.99. The molecule has 3 aromatic rings. The number of hydrogen-bond donors (Lipinski definition) is 2. The predicted molar refractivity (Wildman–Crippen MR) is 115 cm³/mol. The molecule has 2 N–H and O–H groups in total. The van der Waals surface area contributed by atoms with Gasteiger partial charge in [-0.1, -0.05) is 16.8 Å². The highest BCUT2D eigenvalue weighted by Gasteiger charge is 2.12. The maximum atomic E-state index is 5.92. The molecule has 0 saturated carbocycles. The Labute approximate surface area is 179 Å². The van der Waals surface area contributed by atoms with E-state index in [1.807, 2.05) is 37.3 Å². The lowest BCUT2D eigenvalue weighted by molar-refractivity contribution is 0.297. The van der Waals surface area contributed by atoms with Crippen LogP contribution in [0.5, 0.6) is 11.5 Å². The number of rotatable bonds is 5. The summed E-state index contributed by atoms with van der Waals surface area (Å²) in [5, 5.41) is 11.1. The number of aromatic nitrogens is 2. The Hall–Kier alpha value is -3.26. The number of halogens is 1. The van der Waals surface area contributed by atoms with Crippen molar-refractivity contribution in [3.63, 3.8) is 0 Å². The molecule has 0 spiro atoms. The van der Waals surface area contributed by atoms with Gasteiger partial charge in [-0.15, -0.1) is 0 Å². The summed E-state index contributed by atoms with van der Waals surface area (Å²) in [6.45, 7) is 4.23. The first-order chi connectivity index (χ1) is 14.7. The fraction of sp³-hybridized carbons (Fsp3) is 0.286. The average molecular weight is 428 g/mol. The molecule has 0 unspecified atom stereocenters. The molecule has 0 radical (unpaired) electrons. The zero-order valence-corrected chi connectivity index (χ0v) is 17.3. The van der Waals surface area contributed by atoms with E-state index in [0.717, 1.165) is 29.2 Å². The van der Waals surface area contributed by atoms with Gasteiger partial charge in [-0.2, -0.15) is 4.98 Å². The highest BCUT2D eigenvalue weighted by Crippen LogP contribution is 2.32. The van der Waals surface area contributed by atoms with Crippen LogP contribution in [-0.2, 0) is 6.54 Å². The number of nitrogens with one attached hydrogen (secondary N) is 2. The Bertz CT molecular complexity index is 1020. The van der Waals surface area contributed by atoms with Crippen molar-refractivity contribution in [3.8, 4) is 22.9 Å². The fourth-order valence-electron chi connectivity index (χ4n) is 2.87. The van der Waals surface area contributed by atoms with Crippen LogP contribution in [-0.4, -0.2) is 35.9 Å². The molecule has 30 heavy (non-hydrogen) atoms. The minimum atomic E-state index is 0.237. The van der Waals surface area contributed by atoms with E-state index >= 15 is 0 Å². The minimum absolute atomic E-state index is 0.237. The van der Waals surface area contributed by atoms with Gasteiger partial charge in [-0.25, -0.2) is 4.99 Å². The van der Waals surface area contributed by atoms with Gasteiger partial charge in [0.15, 0.2) is 17.5 Å². The third kappa shape index (κ3) is 5.01. The van der Waals surface area contributed by atoms with Crippen molar-refractivity contribution in [3.05, 3.63) is 53.4 Å². The second kappa shape index (κ2) is 9.49. The smallest absolute Gasteiger partial charge is 0.248 e. The molecular weight excluding hydrogens is 406 g/mol. The van der Waals surface area contributed by atoms with Crippen LogP contribution >= 0.6 is 11.6 Å². The molecule has 0 aliphatic carbocycles. The number of ether oxygens (including phenoxy) is 2. The highest BCUT2D eigenvalue weighted by molar-refractivity contribution is 6.30. The van der Waals surface area contributed by atoms with Gasteiger partial charge < -0.3 is 24.6 Å². The summed E-state index contributed by atoms with van der Waals surface area (Å²) in [4.78, 5) is 8.93. The molecule has 9 heteroatoms. The summed E-state index contributed by atoms with van der Waals surface area (Å²) in [6, 6.07) is 13.0. The summed E-state index contributed by atoms with van der Waals surface area (Å²) in [5.74, 6) is 2.98. The number of benzene rings is 2. The van der Waals surface area contributed by atoms with E-state index in [4.69, 9.17) is 25.6 Å². The molecule has 1 aliphatic heterocycles. The van der Waals surface area contributed by atoms with Crippen LogP contribution in [0.2, 0.25) is 5.02 Å². The summed E-state index contributed by atoms with van der Waals surface area (Å²) in [6.07, 6.45) is 0.865. The quantitative estimate of drug-likeness (QED) is 0.467. The number of hydrogen-bond acceptors (Lipinski definition) is 6. The first-order valence-corrected chi connectivity index (χ1v) is 10.1. The van der Waals surface area contributed by atoms with Crippen molar-refractivity contribution >= 4 is 23.2 Å². The molecule has 0 bridgehead atoms. The Balaban J connectivity index is 1.45. The largest absolute Gasteiger partial charge is 0.490 e. The third-order valence-corrected chi connectivity index (χ3v) is 4.55. The van der Waals surface area contributed by atoms with Gasteiger partial charge in [0, 0.05) is 35.3 Å². The molecule has 0 atom stereocenters. The first-order valence-electron chi connectivity index (χ1n) is 9.75. The van der Waals surface area contributed by atoms with Gasteiger partial charge in [0.1, 0.15) is 6.54 Å². The van der Waals surface area contributed by atoms with E-state index in [1.54, 1.807) is 12.1 Å². The van der Waals surface area contributed by atoms with Crippen molar-refractivity contribution in [1.29, 1.82) is 0 Å². The number of aliphatic imine (C=N–C) groups is 1. The number of fused-ring (bicyclic) bond motifs is 1. The Morgan fingerprint density at radius 3 is 2.70 bits per heavy atom. The molecule has 2 heterocycles. The maximum absolute atomic E-state index is 5.92. The Morgan fingerprint density at radius 2 is 1.90 bits per heavy atom. The second-order valence-electron chi connectivity index (χ2n) is 6.55. The summed E-state index contributed by atoms with van der Waals surface area (Å²) >= 11 is 5.92. The van der Waals surface area contributed by atoms with E-state index < -0.39 is 0 Å². The predicted octanol–water partition coefficient (Wildman–Crippen LogP) is 4.13. The lowest BCUT2D eigenvalue weighted by Gasteiger charge is -2.13. The van der Waals surface area contributed by atoms with E-state index in [0.29, 0.717) is 42.5 Å². The van der Waals surface area contributed by atoms with Crippen LogP contribution < -0.4 is 20.1 Å². The molecule has 156 valence electrons. The van der Waals surface area contributed by atoms with Crippen molar-refractivity contribution in [2.45, 2.75) is 19.9 Å². The highest BCUT2D eigenvalue weighted by atomic mass is 35.5. The lowest BCUT2D eigenvalue weighted by Crippen LogP contribution is -2.30. The topological polar surface area (TPSA) is 93.8 Å². The average Bonchev–Trinajstić information content (AvgIpc) is 3.10. The van der Waals surface area contributed by atoms with Crippen LogP contribution in [0.4, 0.5) is 5.69 Å². The van der Waals surface area contributed by atoms with Crippen molar-refractivity contribution in [1.82, 2.24) is 15.5 Å². The molecule has 2 aromatic carbocycles. The third-order valence-electron chi connectivity index (χ3n) is 4.30. The standard InChI is InChI=1S/C21H22ClN5O3/c1-2-23-21(25-16-8-9-17-18(12-16)29-11-3-10-28-17)24-13-19-26-20(27-30-19)14-4-6-15(22)7-5-14/h4-9,12H,2-3,10-11,13H2,1H3,(H2,23,24,25). The zero-order valence-electron chi connectivity index (χ0n) is 16.5. The molecule has 1 aliphatic rings. The number of anilines is 1. The molecule has 0 amide bonds. The Morgan fingerprint density at radius 1 is 1.10 bits per heavy atom. The summed E-state index contributed by atoms with van der Waals surface area (Å²) in [5.41, 5.74) is 1.67. The number of nitrogens with zero attached hydrogens (tertiary/aromatic N) is 3. The van der Waals surface area contributed by atoms with Crippen LogP contribution in [0.3, 0.4) is 0 Å². The van der Waals surface area contributed by atoms with Crippen LogP contribution in [0, 0.1) is 0 Å². The zero-order chi connectivity index (χ0) is 20.8. The van der Waals surface area contributed by atoms with Crippen LogP contribution in [0.1, 0.15) is 19.2 Å². The normalized spacial score (nSPS) is 13.6.